The van der Waals surface area contributed by atoms with Gasteiger partial charge in [0.05, 0.1) is 5.41 Å². The molecule has 0 aromatic rings. The van der Waals surface area contributed by atoms with Crippen LogP contribution in [0.3, 0.4) is 0 Å². The van der Waals surface area contributed by atoms with Crippen LogP contribution in [0.25, 0.3) is 0 Å². The summed E-state index contributed by atoms with van der Waals surface area (Å²) in [6.45, 7) is 11.1. The van der Waals surface area contributed by atoms with E-state index in [1.165, 1.54) is 6.08 Å². The number of carbonyl (C=O) groups excluding carboxylic acids is 1. The molecule has 0 atom stereocenters. The topological polar surface area (TPSA) is 44.5 Å². The Labute approximate surface area is 127 Å². The zero-order chi connectivity index (χ0) is 10.9. The molecule has 0 spiro atoms. The van der Waals surface area contributed by atoms with Gasteiger partial charge in [-0.2, -0.15) is 0 Å². The molecule has 0 aromatic carbocycles. The molecule has 0 fully saturated rings. The van der Waals surface area contributed by atoms with Gasteiger partial charge in [0.1, 0.15) is 0 Å². The minimum Gasteiger partial charge on any atom is -0.875 e. The van der Waals surface area contributed by atoms with Crippen molar-refractivity contribution >= 4 is 54.7 Å². The van der Waals surface area contributed by atoms with E-state index in [9.17, 15) is 9.90 Å². The smallest absolute Gasteiger partial charge is 0.875 e. The van der Waals surface area contributed by atoms with Crippen LogP contribution in [0.15, 0.2) is 11.8 Å². The average molecular weight is 322 g/mol. The fourth-order valence-electron chi connectivity index (χ4n) is 0.557. The van der Waals surface area contributed by atoms with Crippen LogP contribution in [0.4, 0.5) is 0 Å². The Morgan fingerprint density at radius 1 is 1.00 bits per heavy atom. The Balaban J connectivity index is 0. The van der Waals surface area contributed by atoms with Crippen molar-refractivity contribution in [3.8, 4) is 0 Å². The van der Waals surface area contributed by atoms with Crippen LogP contribution in [-0.4, -0.2) is 59.5 Å². The van der Waals surface area contributed by atoms with Gasteiger partial charge in [0.25, 0.3) is 0 Å². The zero-order valence-corrected chi connectivity index (χ0v) is 14.6. The second-order valence-electron chi connectivity index (χ2n) is 5.39. The maximum atomic E-state index is 11.5. The molecule has 0 aliphatic rings. The second kappa shape index (κ2) is 5.75. The third-order valence-electron chi connectivity index (χ3n) is 1.78. The quantitative estimate of drug-likeness (QED) is 0.312. The summed E-state index contributed by atoms with van der Waals surface area (Å²) in [6.07, 6.45) is 1.33. The Hall–Kier alpha value is 0.781. The third-order valence-corrected chi connectivity index (χ3v) is 1.78. The Morgan fingerprint density at radius 2 is 1.36 bits per heavy atom. The summed E-state index contributed by atoms with van der Waals surface area (Å²) >= 11 is 0. The van der Waals surface area contributed by atoms with Gasteiger partial charge < -0.3 is 5.11 Å². The third kappa shape index (κ3) is 6.30. The fourth-order valence-corrected chi connectivity index (χ4v) is 0.557. The summed E-state index contributed by atoms with van der Waals surface area (Å²) in [4.78, 5) is 9.56. The van der Waals surface area contributed by atoms with Gasteiger partial charge in [-0.05, 0) is 26.2 Å². The predicted octanol–water partition coefficient (Wildman–Crippen LogP) is 1.49. The van der Waals surface area contributed by atoms with E-state index in [4.69, 9.17) is 0 Å². The van der Waals surface area contributed by atoms with E-state index in [-0.39, 0.29) is 65.8 Å². The van der Waals surface area contributed by atoms with E-state index in [1.54, 1.807) is 0 Å². The van der Waals surface area contributed by atoms with Crippen molar-refractivity contribution in [1.29, 1.82) is 0 Å². The molecule has 1 N–H and O–H groups in total. The maximum Gasteiger partial charge on any atom is 2.00 e. The normalized spacial score (nSPS) is 13.4. The molecule has 14 heavy (non-hydrogen) atoms. The van der Waals surface area contributed by atoms with Crippen LogP contribution in [0.5, 0.6) is 0 Å². The van der Waals surface area contributed by atoms with Crippen molar-refractivity contribution in [2.45, 2.75) is 41.5 Å². The van der Waals surface area contributed by atoms with Crippen molar-refractivity contribution in [3.63, 3.8) is 0 Å². The molecule has 0 aliphatic carbocycles. The molecular weight excluding hydrogens is 301 g/mol. The van der Waals surface area contributed by atoms with Crippen LogP contribution in [0, 0.1) is 10.8 Å². The molecule has 3 heteroatoms. The molecule has 0 saturated heterocycles. The summed E-state index contributed by atoms with van der Waals surface area (Å²) in [7, 11) is 0. The molecule has 0 amide bonds. The molecule has 0 aromatic heterocycles. The minimum atomic E-state index is -0.417. The first-order valence-corrected chi connectivity index (χ1v) is 4.51. The molecular formula is C11H20BaO2+2. The first-order valence-electron chi connectivity index (χ1n) is 4.51. The first-order chi connectivity index (χ1) is 5.55. The number of hydrogen-bond donors (Lipinski definition) is 0. The summed E-state index contributed by atoms with van der Waals surface area (Å²) < 4.78 is 0. The van der Waals surface area contributed by atoms with E-state index < -0.39 is 5.41 Å². The molecule has 0 heterocycles. The van der Waals surface area contributed by atoms with Crippen molar-refractivity contribution in [1.82, 2.24) is 0 Å². The number of rotatable bonds is 1. The van der Waals surface area contributed by atoms with Gasteiger partial charge in [-0.25, -0.2) is 0 Å². The van der Waals surface area contributed by atoms with Crippen molar-refractivity contribution < 1.29 is 9.90 Å². The van der Waals surface area contributed by atoms with Crippen LogP contribution >= 0.6 is 0 Å². The largest absolute Gasteiger partial charge is 2.00 e. The van der Waals surface area contributed by atoms with Crippen LogP contribution < -0.4 is 5.11 Å². The van der Waals surface area contributed by atoms with Crippen molar-refractivity contribution in [2.75, 3.05) is 0 Å². The zero-order valence-electron chi connectivity index (χ0n) is 10.1. The molecule has 0 bridgehead atoms. The number of ketones is 1. The van der Waals surface area contributed by atoms with E-state index in [0.717, 1.165) is 0 Å². The summed E-state index contributed by atoms with van der Waals surface area (Å²) in [5.74, 6) is 0.104. The van der Waals surface area contributed by atoms with Gasteiger partial charge in [-0.3, -0.25) is 4.79 Å². The van der Waals surface area contributed by atoms with Gasteiger partial charge in [-0.15, -0.1) is 5.76 Å². The SMILES string of the molecule is CC(C)(C)C(=[OH+])/C=C(\[O-])C(C)(C)C.[Ba+2]. The maximum absolute atomic E-state index is 11.5. The van der Waals surface area contributed by atoms with Crippen molar-refractivity contribution in [3.05, 3.63) is 11.8 Å². The molecule has 0 unspecified atom stereocenters. The molecule has 0 radical (unpaired) electrons. The second-order valence-corrected chi connectivity index (χ2v) is 5.39. The minimum absolute atomic E-state index is 0. The molecule has 0 aliphatic heterocycles. The number of allylic oxidation sites excluding steroid dienone is 2. The first kappa shape index (κ1) is 17.2. The van der Waals surface area contributed by atoms with Gasteiger partial charge >= 0.3 is 54.7 Å². The van der Waals surface area contributed by atoms with Crippen LogP contribution in [0.2, 0.25) is 0 Å². The summed E-state index contributed by atoms with van der Waals surface area (Å²) in [6, 6.07) is 0. The van der Waals surface area contributed by atoms with Crippen molar-refractivity contribution in [2.24, 2.45) is 10.8 Å². The van der Waals surface area contributed by atoms with Gasteiger partial charge in [0.15, 0.2) is 0 Å². The van der Waals surface area contributed by atoms with E-state index in [0.29, 0.717) is 0 Å². The van der Waals surface area contributed by atoms with E-state index in [1.807, 2.05) is 41.5 Å². The average Bonchev–Trinajstić information content (AvgIpc) is 1.82. The summed E-state index contributed by atoms with van der Waals surface area (Å²) in [5, 5.41) is 11.5. The van der Waals surface area contributed by atoms with Gasteiger partial charge in [0.2, 0.25) is 0 Å². The van der Waals surface area contributed by atoms with Gasteiger partial charge in [-0.1, -0.05) is 20.8 Å². The van der Waals surface area contributed by atoms with E-state index in [2.05, 4.69) is 0 Å². The summed E-state index contributed by atoms with van der Waals surface area (Å²) in [5.41, 5.74) is -0.764. The Kier molecular flexibility index (Phi) is 7.06. The molecule has 0 saturated carbocycles. The monoisotopic (exact) mass is 322 g/mol. The molecule has 76 valence electrons. The number of hydrogen-bond acceptors (Lipinski definition) is 1. The molecule has 0 rings (SSSR count). The Bertz CT molecular complexity index is 229. The molecule has 2 nitrogen and oxygen atoms in total. The van der Waals surface area contributed by atoms with Crippen LogP contribution in [0.1, 0.15) is 41.5 Å². The standard InChI is InChI=1S/C11H20O2.Ba/c1-10(2,3)8(12)7-9(13)11(4,5)6;/h7,12H,1-6H3;/q;+2/b8-7-;. The predicted molar refractivity (Wildman–Crippen MR) is 59.7 cm³/mol. The fraction of sp³-hybridized carbons (Fsp3) is 0.727. The van der Waals surface area contributed by atoms with Crippen LogP contribution in [-0.2, 0) is 0 Å². The van der Waals surface area contributed by atoms with E-state index >= 15 is 0 Å². The van der Waals surface area contributed by atoms with Gasteiger partial charge in [0, 0.05) is 6.08 Å². The Morgan fingerprint density at radius 3 is 1.57 bits per heavy atom.